The molecule has 0 radical (unpaired) electrons. The van der Waals surface area contributed by atoms with Gasteiger partial charge in [-0.1, -0.05) is 11.6 Å². The third-order valence-corrected chi connectivity index (χ3v) is 7.23. The zero-order chi connectivity index (χ0) is 19.3. The third kappa shape index (κ3) is 3.03. The van der Waals surface area contributed by atoms with Crippen LogP contribution >= 0.6 is 11.6 Å². The summed E-state index contributed by atoms with van der Waals surface area (Å²) in [6.45, 7) is 8.76. The summed E-state index contributed by atoms with van der Waals surface area (Å²) in [7, 11) is -3.63. The van der Waals surface area contributed by atoms with Crippen molar-refractivity contribution in [1.82, 2.24) is 20.2 Å². The second kappa shape index (κ2) is 6.21. The molecule has 0 saturated heterocycles. The number of rotatable bonds is 3. The monoisotopic (exact) mass is 393 g/mol. The lowest BCUT2D eigenvalue weighted by Crippen LogP contribution is -2.28. The first-order chi connectivity index (χ1) is 12.0. The first-order valence-electron chi connectivity index (χ1n) is 8.00. The van der Waals surface area contributed by atoms with Crippen molar-refractivity contribution < 1.29 is 8.42 Å². The molecule has 0 fully saturated rings. The SMILES string of the molecule is Cc1[nH]nc(Nc2ncnc3cc(Cl)c(S(=O)(=O)C(C)(C)C)cc23)c1C. The number of nitrogens with zero attached hydrogens (tertiary/aromatic N) is 3. The van der Waals surface area contributed by atoms with Gasteiger partial charge in [0.1, 0.15) is 12.1 Å². The molecular formula is C17H20ClN5O2S. The minimum absolute atomic E-state index is 0.0620. The second-order valence-corrected chi connectivity index (χ2v) is 10.2. The van der Waals surface area contributed by atoms with Crippen molar-refractivity contribution in [2.24, 2.45) is 0 Å². The Labute approximate surface area is 157 Å². The predicted molar refractivity (Wildman–Crippen MR) is 103 cm³/mol. The quantitative estimate of drug-likeness (QED) is 0.698. The van der Waals surface area contributed by atoms with Crippen LogP contribution in [0.1, 0.15) is 32.0 Å². The first kappa shape index (κ1) is 18.6. The van der Waals surface area contributed by atoms with Crippen molar-refractivity contribution in [2.75, 3.05) is 5.32 Å². The number of halogens is 1. The van der Waals surface area contributed by atoms with E-state index in [-0.39, 0.29) is 9.92 Å². The van der Waals surface area contributed by atoms with E-state index < -0.39 is 14.6 Å². The number of fused-ring (bicyclic) bond motifs is 1. The zero-order valence-electron chi connectivity index (χ0n) is 15.2. The summed E-state index contributed by atoms with van der Waals surface area (Å²) in [5, 5.41) is 10.9. The second-order valence-electron chi connectivity index (χ2n) is 7.09. The average Bonchev–Trinajstić information content (AvgIpc) is 2.85. The standard InChI is InChI=1S/C17H20ClN5O2S/c1-9-10(2)22-23-15(9)21-16-11-6-14(26(24,25)17(3,4)5)12(18)7-13(11)19-8-20-16/h6-8H,1-5H3,(H2,19,20,21,22,23). The fourth-order valence-electron chi connectivity index (χ4n) is 2.41. The molecule has 2 N–H and O–H groups in total. The lowest BCUT2D eigenvalue weighted by Gasteiger charge is -2.20. The summed E-state index contributed by atoms with van der Waals surface area (Å²) >= 11 is 6.26. The van der Waals surface area contributed by atoms with Gasteiger partial charge in [-0.25, -0.2) is 18.4 Å². The predicted octanol–water partition coefficient (Wildman–Crippen LogP) is 3.94. The van der Waals surface area contributed by atoms with Gasteiger partial charge in [-0.2, -0.15) is 5.10 Å². The molecule has 2 aromatic heterocycles. The molecule has 0 bridgehead atoms. The van der Waals surface area contributed by atoms with Crippen LogP contribution in [0.5, 0.6) is 0 Å². The molecular weight excluding hydrogens is 374 g/mol. The number of aryl methyl sites for hydroxylation is 1. The fourth-order valence-corrected chi connectivity index (χ4v) is 4.12. The van der Waals surface area contributed by atoms with Crippen molar-refractivity contribution in [2.45, 2.75) is 44.3 Å². The Hall–Kier alpha value is -2.19. The molecule has 7 nitrogen and oxygen atoms in total. The third-order valence-electron chi connectivity index (χ3n) is 4.27. The first-order valence-corrected chi connectivity index (χ1v) is 9.86. The Morgan fingerprint density at radius 3 is 2.38 bits per heavy atom. The fraction of sp³-hybridized carbons (Fsp3) is 0.353. The molecule has 0 aliphatic carbocycles. The van der Waals surface area contributed by atoms with E-state index in [1.807, 2.05) is 13.8 Å². The maximum Gasteiger partial charge on any atom is 0.184 e. The number of sulfone groups is 1. The Bertz CT molecular complexity index is 1100. The van der Waals surface area contributed by atoms with Crippen LogP contribution in [-0.4, -0.2) is 33.3 Å². The van der Waals surface area contributed by atoms with E-state index in [1.54, 1.807) is 26.8 Å². The van der Waals surface area contributed by atoms with Crippen LogP contribution in [0.15, 0.2) is 23.4 Å². The molecule has 138 valence electrons. The van der Waals surface area contributed by atoms with E-state index in [9.17, 15) is 8.42 Å². The van der Waals surface area contributed by atoms with Crippen LogP contribution in [0, 0.1) is 13.8 Å². The highest BCUT2D eigenvalue weighted by atomic mass is 35.5. The van der Waals surface area contributed by atoms with Crippen LogP contribution in [0.25, 0.3) is 10.9 Å². The van der Waals surface area contributed by atoms with Gasteiger partial charge in [-0.15, -0.1) is 0 Å². The summed E-state index contributed by atoms with van der Waals surface area (Å²) < 4.78 is 24.8. The summed E-state index contributed by atoms with van der Waals surface area (Å²) in [4.78, 5) is 8.51. The summed E-state index contributed by atoms with van der Waals surface area (Å²) in [5.74, 6) is 1.09. The summed E-state index contributed by atoms with van der Waals surface area (Å²) in [6, 6.07) is 3.07. The average molecular weight is 394 g/mol. The lowest BCUT2D eigenvalue weighted by atomic mass is 10.2. The molecule has 0 atom stereocenters. The van der Waals surface area contributed by atoms with E-state index in [0.717, 1.165) is 11.3 Å². The highest BCUT2D eigenvalue weighted by molar-refractivity contribution is 7.92. The zero-order valence-corrected chi connectivity index (χ0v) is 16.7. The molecule has 9 heteroatoms. The number of nitrogens with one attached hydrogen (secondary N) is 2. The molecule has 0 unspecified atom stereocenters. The Kier molecular flexibility index (Phi) is 4.44. The number of aromatic amines is 1. The Morgan fingerprint density at radius 2 is 1.81 bits per heavy atom. The molecule has 0 spiro atoms. The lowest BCUT2D eigenvalue weighted by molar-refractivity contribution is 0.560. The van der Waals surface area contributed by atoms with Crippen LogP contribution in [-0.2, 0) is 9.84 Å². The normalized spacial score (nSPS) is 12.5. The van der Waals surface area contributed by atoms with Crippen molar-refractivity contribution in [3.05, 3.63) is 34.7 Å². The molecule has 1 aromatic carbocycles. The molecule has 3 rings (SSSR count). The Balaban J connectivity index is 2.21. The van der Waals surface area contributed by atoms with E-state index in [1.165, 1.54) is 12.4 Å². The van der Waals surface area contributed by atoms with E-state index >= 15 is 0 Å². The number of aromatic nitrogens is 4. The van der Waals surface area contributed by atoms with Gasteiger partial charge in [0.15, 0.2) is 15.7 Å². The molecule has 0 amide bonds. The largest absolute Gasteiger partial charge is 0.323 e. The van der Waals surface area contributed by atoms with Crippen molar-refractivity contribution >= 4 is 44.0 Å². The van der Waals surface area contributed by atoms with Gasteiger partial charge in [0, 0.05) is 16.6 Å². The maximum atomic E-state index is 12.9. The minimum atomic E-state index is -3.63. The van der Waals surface area contributed by atoms with Crippen molar-refractivity contribution in [3.8, 4) is 0 Å². The summed E-state index contributed by atoms with van der Waals surface area (Å²) in [6.07, 6.45) is 1.40. The van der Waals surface area contributed by atoms with Gasteiger partial charge in [-0.3, -0.25) is 5.10 Å². The number of anilines is 2. The molecule has 2 heterocycles. The number of hydrogen-bond donors (Lipinski definition) is 2. The van der Waals surface area contributed by atoms with E-state index in [0.29, 0.717) is 22.5 Å². The van der Waals surface area contributed by atoms with Crippen LogP contribution in [0.3, 0.4) is 0 Å². The molecule has 0 saturated carbocycles. The smallest absolute Gasteiger partial charge is 0.184 e. The highest BCUT2D eigenvalue weighted by Crippen LogP contribution is 2.35. The van der Waals surface area contributed by atoms with Crippen LogP contribution < -0.4 is 5.32 Å². The molecule has 3 aromatic rings. The molecule has 26 heavy (non-hydrogen) atoms. The highest BCUT2D eigenvalue weighted by Gasteiger charge is 2.33. The van der Waals surface area contributed by atoms with Gasteiger partial charge in [-0.05, 0) is 46.8 Å². The van der Waals surface area contributed by atoms with Crippen LogP contribution in [0.2, 0.25) is 5.02 Å². The van der Waals surface area contributed by atoms with Gasteiger partial charge < -0.3 is 5.32 Å². The van der Waals surface area contributed by atoms with E-state index in [2.05, 4.69) is 25.5 Å². The maximum absolute atomic E-state index is 12.9. The van der Waals surface area contributed by atoms with Gasteiger partial charge in [0.25, 0.3) is 0 Å². The summed E-state index contributed by atoms with van der Waals surface area (Å²) in [5.41, 5.74) is 2.43. The molecule has 0 aliphatic rings. The Morgan fingerprint density at radius 1 is 1.12 bits per heavy atom. The van der Waals surface area contributed by atoms with E-state index in [4.69, 9.17) is 11.6 Å². The van der Waals surface area contributed by atoms with Crippen LogP contribution in [0.4, 0.5) is 11.6 Å². The topological polar surface area (TPSA) is 101 Å². The number of hydrogen-bond acceptors (Lipinski definition) is 6. The number of H-pyrrole nitrogens is 1. The van der Waals surface area contributed by atoms with Crippen molar-refractivity contribution in [3.63, 3.8) is 0 Å². The van der Waals surface area contributed by atoms with Gasteiger partial charge in [0.2, 0.25) is 0 Å². The number of benzene rings is 1. The van der Waals surface area contributed by atoms with Gasteiger partial charge >= 0.3 is 0 Å². The van der Waals surface area contributed by atoms with Crippen molar-refractivity contribution in [1.29, 1.82) is 0 Å². The van der Waals surface area contributed by atoms with Gasteiger partial charge in [0.05, 0.1) is 20.2 Å². The minimum Gasteiger partial charge on any atom is -0.323 e. The molecule has 0 aliphatic heterocycles.